The maximum Gasteiger partial charge on any atom is 0.335 e. The Hall–Kier alpha value is -3.86. The molecule has 0 aliphatic rings. The van der Waals surface area contributed by atoms with Crippen molar-refractivity contribution in [2.75, 3.05) is 11.3 Å². The van der Waals surface area contributed by atoms with Crippen molar-refractivity contribution in [3.8, 4) is 5.75 Å². The van der Waals surface area contributed by atoms with Crippen LogP contribution in [0.15, 0.2) is 89.6 Å². The predicted octanol–water partition coefficient (Wildman–Crippen LogP) is 2.33. The number of hydrogen-bond acceptors (Lipinski definition) is 6. The number of carboxylic acids is 1. The van der Waals surface area contributed by atoms with Crippen molar-refractivity contribution >= 4 is 21.7 Å². The molecule has 3 aromatic rings. The monoisotopic (exact) mass is 483 g/mol. The van der Waals surface area contributed by atoms with Crippen molar-refractivity contribution in [1.82, 2.24) is 5.01 Å². The van der Waals surface area contributed by atoms with Crippen molar-refractivity contribution < 1.29 is 28.8 Å². The standard InChI is InChI=1S/C24H26N4O5S/c1-17-7-12-22(13-23(17)24(29)30)34(31,32)27-20-8-10-21(11-9-20)33-16-19(25)15-28(26)14-18-5-3-2-4-6-18/h2-13,15,27H,14,16,25-26H2,1H3,(H,29,30)/p+1/b19-15-. The molecule has 0 spiro atoms. The van der Waals surface area contributed by atoms with Gasteiger partial charge < -0.3 is 20.6 Å². The van der Waals surface area contributed by atoms with Crippen LogP contribution < -0.4 is 21.0 Å². The lowest BCUT2D eigenvalue weighted by Gasteiger charge is -2.14. The van der Waals surface area contributed by atoms with E-state index < -0.39 is 16.0 Å². The van der Waals surface area contributed by atoms with Crippen molar-refractivity contribution in [2.24, 2.45) is 5.84 Å². The first-order chi connectivity index (χ1) is 16.1. The molecule has 0 saturated carbocycles. The third-order valence-electron chi connectivity index (χ3n) is 4.84. The van der Waals surface area contributed by atoms with Gasteiger partial charge in [-0.2, -0.15) is 0 Å². The van der Waals surface area contributed by atoms with Crippen LogP contribution in [0.4, 0.5) is 5.69 Å². The average molecular weight is 484 g/mol. The van der Waals surface area contributed by atoms with Crippen molar-refractivity contribution in [2.45, 2.75) is 18.4 Å². The number of ether oxygens (including phenoxy) is 1. The minimum atomic E-state index is -3.96. The summed E-state index contributed by atoms with van der Waals surface area (Å²) in [5.74, 6) is 5.33. The van der Waals surface area contributed by atoms with Crippen LogP contribution in [0.2, 0.25) is 0 Å². The molecule has 0 bridgehead atoms. The highest BCUT2D eigenvalue weighted by atomic mass is 32.2. The summed E-state index contributed by atoms with van der Waals surface area (Å²) in [7, 11) is -3.96. The summed E-state index contributed by atoms with van der Waals surface area (Å²) < 4.78 is 33.4. The summed E-state index contributed by atoms with van der Waals surface area (Å²) in [5, 5.41) is 10.8. The molecule has 0 atom stereocenters. The minimum absolute atomic E-state index is 0.0662. The fraction of sp³-hybridized carbons (Fsp3) is 0.125. The zero-order chi connectivity index (χ0) is 24.7. The number of sulfonamides is 1. The van der Waals surface area contributed by atoms with Gasteiger partial charge in [-0.25, -0.2) is 19.1 Å². The summed E-state index contributed by atoms with van der Waals surface area (Å²) in [5.41, 5.74) is 6.39. The molecular weight excluding hydrogens is 456 g/mol. The number of rotatable bonds is 10. The average Bonchev–Trinajstić information content (AvgIpc) is 2.79. The van der Waals surface area contributed by atoms with Gasteiger partial charge >= 0.3 is 5.97 Å². The Morgan fingerprint density at radius 1 is 1.12 bits per heavy atom. The van der Waals surface area contributed by atoms with Crippen LogP contribution in [0.5, 0.6) is 5.75 Å². The van der Waals surface area contributed by atoms with Crippen LogP contribution in [0.25, 0.3) is 0 Å². The summed E-state index contributed by atoms with van der Waals surface area (Å²) in [6, 6.07) is 20.1. The Bertz CT molecular complexity index is 1280. The lowest BCUT2D eigenvalue weighted by Crippen LogP contribution is -2.51. The maximum atomic E-state index is 12.7. The molecule has 9 nitrogen and oxygen atoms in total. The van der Waals surface area contributed by atoms with E-state index in [1.54, 1.807) is 37.4 Å². The lowest BCUT2D eigenvalue weighted by atomic mass is 10.1. The number of carbonyl (C=O) groups is 1. The molecule has 178 valence electrons. The van der Waals surface area contributed by atoms with Gasteiger partial charge in [0.2, 0.25) is 0 Å². The van der Waals surface area contributed by atoms with Crippen molar-refractivity contribution in [3.63, 3.8) is 0 Å². The first-order valence-electron chi connectivity index (χ1n) is 10.3. The van der Waals surface area contributed by atoms with E-state index in [1.807, 2.05) is 30.3 Å². The molecule has 0 heterocycles. The fourth-order valence-corrected chi connectivity index (χ4v) is 4.20. The second-order valence-electron chi connectivity index (χ2n) is 7.65. The molecule has 34 heavy (non-hydrogen) atoms. The molecule has 0 aliphatic carbocycles. The third kappa shape index (κ3) is 6.82. The van der Waals surface area contributed by atoms with Gasteiger partial charge in [0.05, 0.1) is 23.2 Å². The Kier molecular flexibility index (Phi) is 7.90. The molecule has 0 fully saturated rings. The van der Waals surface area contributed by atoms with Gasteiger partial charge in [0.25, 0.3) is 10.0 Å². The lowest BCUT2D eigenvalue weighted by molar-refractivity contribution is -0.311. The second-order valence-corrected chi connectivity index (χ2v) is 9.33. The van der Waals surface area contributed by atoms with Gasteiger partial charge in [0.15, 0.2) is 12.3 Å². The zero-order valence-electron chi connectivity index (χ0n) is 18.6. The molecule has 0 radical (unpaired) electrons. The molecule has 3 aromatic carbocycles. The normalized spacial score (nSPS) is 11.7. The molecule has 3 rings (SSSR count). The Morgan fingerprint density at radius 3 is 2.44 bits per heavy atom. The molecule has 7 N–H and O–H groups in total. The number of aryl methyl sites for hydroxylation is 1. The largest absolute Gasteiger partial charge is 0.483 e. The molecule has 0 aliphatic heterocycles. The number of nitrogens with two attached hydrogens (primary N) is 1. The Labute approximate surface area is 198 Å². The number of benzene rings is 3. The van der Waals surface area contributed by atoms with Crippen molar-refractivity contribution in [1.29, 1.82) is 0 Å². The minimum Gasteiger partial charge on any atom is -0.483 e. The number of hydrazine groups is 1. The highest BCUT2D eigenvalue weighted by Crippen LogP contribution is 2.21. The number of carboxylic acid groups (broad SMARTS) is 1. The van der Waals surface area contributed by atoms with Crippen LogP contribution in [-0.4, -0.2) is 31.1 Å². The van der Waals surface area contributed by atoms with E-state index in [1.165, 1.54) is 17.1 Å². The van der Waals surface area contributed by atoms with Gasteiger partial charge in [-0.15, -0.1) is 0 Å². The third-order valence-corrected chi connectivity index (χ3v) is 6.22. The summed E-state index contributed by atoms with van der Waals surface area (Å²) in [6.45, 7) is 2.34. The predicted molar refractivity (Wildman–Crippen MR) is 128 cm³/mol. The van der Waals surface area contributed by atoms with E-state index in [2.05, 4.69) is 10.5 Å². The SMILES string of the molecule is Cc1ccc(S(=O)(=O)Nc2ccc(OC/C([NH3+])=C/N(N)Cc3ccccc3)cc2)cc1C(=O)O. The second kappa shape index (κ2) is 10.8. The number of hydrogen-bond donors (Lipinski definition) is 4. The van der Waals surface area contributed by atoms with Gasteiger partial charge in [0.1, 0.15) is 5.75 Å². The van der Waals surface area contributed by atoms with E-state index in [-0.39, 0.29) is 17.1 Å². The first kappa shape index (κ1) is 24.8. The topological polar surface area (TPSA) is 150 Å². The number of nitrogens with zero attached hydrogens (tertiary/aromatic N) is 1. The Morgan fingerprint density at radius 2 is 1.79 bits per heavy atom. The number of anilines is 1. The number of nitrogens with one attached hydrogen (secondary N) is 1. The first-order valence-corrected chi connectivity index (χ1v) is 11.8. The van der Waals surface area contributed by atoms with E-state index in [4.69, 9.17) is 10.6 Å². The van der Waals surface area contributed by atoms with E-state index in [0.717, 1.165) is 11.6 Å². The molecular formula is C24H27N4O5S+. The van der Waals surface area contributed by atoms with E-state index >= 15 is 0 Å². The highest BCUT2D eigenvalue weighted by Gasteiger charge is 2.18. The number of aromatic carboxylic acids is 1. The Balaban J connectivity index is 1.58. The fourth-order valence-electron chi connectivity index (χ4n) is 3.12. The van der Waals surface area contributed by atoms with Gasteiger partial charge in [-0.1, -0.05) is 36.4 Å². The van der Waals surface area contributed by atoms with E-state index in [9.17, 15) is 18.3 Å². The highest BCUT2D eigenvalue weighted by molar-refractivity contribution is 7.92. The summed E-state index contributed by atoms with van der Waals surface area (Å²) in [4.78, 5) is 11.2. The van der Waals surface area contributed by atoms with Gasteiger partial charge in [-0.3, -0.25) is 4.72 Å². The van der Waals surface area contributed by atoms with Crippen LogP contribution in [0.3, 0.4) is 0 Å². The van der Waals surface area contributed by atoms with Crippen LogP contribution in [0.1, 0.15) is 21.5 Å². The molecule has 0 aromatic heterocycles. The molecule has 10 heteroatoms. The zero-order valence-corrected chi connectivity index (χ0v) is 19.5. The maximum absolute atomic E-state index is 12.7. The molecule has 0 unspecified atom stereocenters. The van der Waals surface area contributed by atoms with Crippen LogP contribution in [0, 0.1) is 6.92 Å². The van der Waals surface area contributed by atoms with Crippen molar-refractivity contribution in [3.05, 3.63) is 101 Å². The van der Waals surface area contributed by atoms with Crippen LogP contribution >= 0.6 is 0 Å². The summed E-state index contributed by atoms with van der Waals surface area (Å²) in [6.07, 6.45) is 1.70. The van der Waals surface area contributed by atoms with Gasteiger partial charge in [-0.05, 0) is 54.4 Å². The summed E-state index contributed by atoms with van der Waals surface area (Å²) >= 11 is 0. The quantitative estimate of drug-likeness (QED) is 0.255. The molecule has 0 amide bonds. The number of quaternary nitrogens is 1. The molecule has 0 saturated heterocycles. The van der Waals surface area contributed by atoms with E-state index in [0.29, 0.717) is 29.2 Å². The van der Waals surface area contributed by atoms with Gasteiger partial charge in [0, 0.05) is 5.69 Å². The smallest absolute Gasteiger partial charge is 0.335 e. The van der Waals surface area contributed by atoms with Crippen LogP contribution in [-0.2, 0) is 16.6 Å².